The van der Waals surface area contributed by atoms with Crippen molar-refractivity contribution in [2.75, 3.05) is 38.2 Å². The number of H-pyrrole nitrogens is 1. The maximum absolute atomic E-state index is 9.64. The zero-order chi connectivity index (χ0) is 17.6. The van der Waals surface area contributed by atoms with Crippen LogP contribution in [-0.2, 0) is 17.9 Å². The molecule has 1 aromatic heterocycles. The number of quaternary nitrogens is 1. The lowest BCUT2D eigenvalue weighted by Gasteiger charge is -2.29. The molecule has 5 nitrogen and oxygen atoms in total. The number of nitrogens with zero attached hydrogens (tertiary/aromatic N) is 2. The Morgan fingerprint density at radius 3 is 2.60 bits per heavy atom. The Morgan fingerprint density at radius 1 is 1.24 bits per heavy atom. The number of aryl methyl sites for hydroxylation is 1. The van der Waals surface area contributed by atoms with E-state index < -0.39 is 0 Å². The van der Waals surface area contributed by atoms with Gasteiger partial charge in [0.2, 0.25) is 0 Å². The minimum absolute atomic E-state index is 0.463. The summed E-state index contributed by atoms with van der Waals surface area (Å²) in [6.45, 7) is 7.59. The zero-order valence-electron chi connectivity index (χ0n) is 15.0. The summed E-state index contributed by atoms with van der Waals surface area (Å²) in [5.41, 5.74) is 4.10. The van der Waals surface area contributed by atoms with E-state index in [1.807, 2.05) is 13.0 Å². The van der Waals surface area contributed by atoms with E-state index in [0.717, 1.165) is 49.8 Å². The molecule has 2 heterocycles. The van der Waals surface area contributed by atoms with Crippen molar-refractivity contribution < 1.29 is 14.6 Å². The third kappa shape index (κ3) is 4.16. The molecule has 2 N–H and O–H groups in total. The molecule has 0 saturated carbocycles. The van der Waals surface area contributed by atoms with E-state index in [-0.39, 0.29) is 0 Å². The summed E-state index contributed by atoms with van der Waals surface area (Å²) in [4.78, 5) is 7.29. The monoisotopic (exact) mass is 338 g/mol. The van der Waals surface area contributed by atoms with Gasteiger partial charge in [-0.2, -0.15) is 5.26 Å². The van der Waals surface area contributed by atoms with E-state index >= 15 is 0 Å². The van der Waals surface area contributed by atoms with Gasteiger partial charge in [0.15, 0.2) is 0 Å². The van der Waals surface area contributed by atoms with E-state index in [1.54, 1.807) is 12.0 Å². The van der Waals surface area contributed by atoms with Crippen LogP contribution in [0.4, 0.5) is 5.82 Å². The van der Waals surface area contributed by atoms with Crippen molar-refractivity contribution in [2.24, 2.45) is 0 Å². The average molecular weight is 338 g/mol. The zero-order valence-corrected chi connectivity index (χ0v) is 15.0. The minimum Gasteiger partial charge on any atom is -0.380 e. The Balaban J connectivity index is 1.71. The third-order valence-electron chi connectivity index (χ3n) is 4.76. The van der Waals surface area contributed by atoms with Gasteiger partial charge in [-0.1, -0.05) is 30.3 Å². The van der Waals surface area contributed by atoms with Gasteiger partial charge in [0.1, 0.15) is 44.4 Å². The summed E-state index contributed by atoms with van der Waals surface area (Å²) < 4.78 is 5.26. The minimum atomic E-state index is 0.463. The van der Waals surface area contributed by atoms with Crippen molar-refractivity contribution in [1.29, 1.82) is 5.26 Å². The summed E-state index contributed by atoms with van der Waals surface area (Å²) in [6, 6.07) is 15.0. The van der Waals surface area contributed by atoms with Crippen LogP contribution >= 0.6 is 0 Å². The number of aromatic nitrogens is 1. The molecule has 1 saturated heterocycles. The van der Waals surface area contributed by atoms with Crippen molar-refractivity contribution in [1.82, 2.24) is 0 Å². The number of ether oxygens (including phenoxy) is 1. The summed E-state index contributed by atoms with van der Waals surface area (Å²) >= 11 is 0. The number of hydrogen-bond donors (Lipinski definition) is 1. The lowest BCUT2D eigenvalue weighted by Crippen LogP contribution is -3.13. The largest absolute Gasteiger partial charge is 0.380 e. The van der Waals surface area contributed by atoms with Crippen molar-refractivity contribution in [3.05, 3.63) is 58.8 Å². The fourth-order valence-corrected chi connectivity index (χ4v) is 3.51. The molecule has 0 spiro atoms. The predicted octanol–water partition coefficient (Wildman–Crippen LogP) is 0.732. The van der Waals surface area contributed by atoms with Crippen molar-refractivity contribution in [3.8, 4) is 6.07 Å². The van der Waals surface area contributed by atoms with Crippen LogP contribution in [0.5, 0.6) is 0 Å². The highest BCUT2D eigenvalue weighted by atomic mass is 16.5. The van der Waals surface area contributed by atoms with Crippen LogP contribution in [0.2, 0.25) is 0 Å². The van der Waals surface area contributed by atoms with Crippen LogP contribution in [0.3, 0.4) is 0 Å². The van der Waals surface area contributed by atoms with Crippen LogP contribution in [0.15, 0.2) is 36.4 Å². The van der Waals surface area contributed by atoms with Gasteiger partial charge in [-0.15, -0.1) is 0 Å². The maximum atomic E-state index is 9.64. The third-order valence-corrected chi connectivity index (χ3v) is 4.76. The number of nitriles is 1. The Kier molecular flexibility index (Phi) is 5.64. The summed E-state index contributed by atoms with van der Waals surface area (Å²) in [5.74, 6) is 0.938. The smallest absolute Gasteiger partial charge is 0.293 e. The van der Waals surface area contributed by atoms with Gasteiger partial charge in [0.25, 0.3) is 5.82 Å². The summed E-state index contributed by atoms with van der Waals surface area (Å²) in [7, 11) is 1.67. The summed E-state index contributed by atoms with van der Waals surface area (Å²) in [6.07, 6.45) is 0. The van der Waals surface area contributed by atoms with Crippen LogP contribution in [0, 0.1) is 18.3 Å². The van der Waals surface area contributed by atoms with E-state index in [9.17, 15) is 5.26 Å². The lowest BCUT2D eigenvalue weighted by molar-refractivity contribution is -0.914. The van der Waals surface area contributed by atoms with E-state index in [2.05, 4.69) is 46.3 Å². The van der Waals surface area contributed by atoms with Gasteiger partial charge in [-0.05, 0) is 13.0 Å². The highest BCUT2D eigenvalue weighted by Gasteiger charge is 2.30. The molecular formula is C20H26N4O+2. The molecule has 0 aliphatic carbocycles. The molecular weight excluding hydrogens is 312 g/mol. The first-order valence-electron chi connectivity index (χ1n) is 8.78. The SMILES string of the molecule is COCc1cc(C)[nH+]c(N2CC[NH+](Cc3ccccc3)CC2)c1C#N. The normalized spacial score (nSPS) is 15.2. The van der Waals surface area contributed by atoms with Crippen LogP contribution in [0.1, 0.15) is 22.4 Å². The summed E-state index contributed by atoms with van der Waals surface area (Å²) in [5, 5.41) is 9.64. The topological polar surface area (TPSA) is 54.8 Å². The number of aromatic amines is 1. The standard InChI is InChI=1S/C20H24N4O/c1-16-12-18(15-25-2)19(13-21)20(22-16)24-10-8-23(9-11-24)14-17-6-4-3-5-7-17/h3-7,12H,8-11,14-15H2,1-2H3/p+2. The quantitative estimate of drug-likeness (QED) is 0.875. The molecule has 1 aliphatic heterocycles. The predicted molar refractivity (Wildman–Crippen MR) is 96.2 cm³/mol. The number of anilines is 1. The maximum Gasteiger partial charge on any atom is 0.293 e. The molecule has 0 amide bonds. The second-order valence-electron chi connectivity index (χ2n) is 6.65. The molecule has 5 heteroatoms. The van der Waals surface area contributed by atoms with Crippen molar-refractivity contribution in [3.63, 3.8) is 0 Å². The number of benzene rings is 1. The van der Waals surface area contributed by atoms with Gasteiger partial charge < -0.3 is 9.64 Å². The molecule has 0 radical (unpaired) electrons. The molecule has 2 aromatic rings. The molecule has 130 valence electrons. The average Bonchev–Trinajstić information content (AvgIpc) is 2.63. The molecule has 1 aliphatic rings. The first-order chi connectivity index (χ1) is 12.2. The number of nitrogens with one attached hydrogen (secondary N) is 2. The Labute approximate surface area is 149 Å². The molecule has 1 aromatic carbocycles. The lowest BCUT2D eigenvalue weighted by atomic mass is 10.1. The highest BCUT2D eigenvalue weighted by molar-refractivity contribution is 5.54. The van der Waals surface area contributed by atoms with Gasteiger partial charge in [-0.25, -0.2) is 9.88 Å². The van der Waals surface area contributed by atoms with Crippen LogP contribution < -0.4 is 14.8 Å². The molecule has 0 atom stereocenters. The molecule has 3 rings (SSSR count). The fourth-order valence-electron chi connectivity index (χ4n) is 3.51. The van der Waals surface area contributed by atoms with Gasteiger partial charge >= 0.3 is 0 Å². The first-order valence-corrected chi connectivity index (χ1v) is 8.78. The number of hydrogen-bond acceptors (Lipinski definition) is 3. The Bertz CT molecular complexity index is 746. The van der Waals surface area contributed by atoms with Crippen LogP contribution in [-0.4, -0.2) is 33.3 Å². The van der Waals surface area contributed by atoms with Gasteiger partial charge in [-0.3, -0.25) is 0 Å². The number of pyridine rings is 1. The fraction of sp³-hybridized carbons (Fsp3) is 0.400. The second kappa shape index (κ2) is 8.11. The van der Waals surface area contributed by atoms with Gasteiger partial charge in [0.05, 0.1) is 12.3 Å². The van der Waals surface area contributed by atoms with E-state index in [4.69, 9.17) is 4.74 Å². The molecule has 0 bridgehead atoms. The molecule has 25 heavy (non-hydrogen) atoms. The second-order valence-corrected chi connectivity index (χ2v) is 6.65. The Hall–Kier alpha value is -2.42. The molecule has 0 unspecified atom stereocenters. The van der Waals surface area contributed by atoms with Crippen molar-refractivity contribution >= 4 is 5.82 Å². The Morgan fingerprint density at radius 2 is 1.96 bits per heavy atom. The number of rotatable bonds is 5. The van der Waals surface area contributed by atoms with Crippen LogP contribution in [0.25, 0.3) is 0 Å². The van der Waals surface area contributed by atoms with E-state index in [1.165, 1.54) is 5.56 Å². The van der Waals surface area contributed by atoms with E-state index in [0.29, 0.717) is 12.2 Å². The van der Waals surface area contributed by atoms with Crippen molar-refractivity contribution in [2.45, 2.75) is 20.1 Å². The first kappa shape index (κ1) is 17.4. The number of piperazine rings is 1. The molecule has 1 fully saturated rings. The number of methoxy groups -OCH3 is 1. The highest BCUT2D eigenvalue weighted by Crippen LogP contribution is 2.20. The van der Waals surface area contributed by atoms with Gasteiger partial charge in [0, 0.05) is 18.2 Å².